The highest BCUT2D eigenvalue weighted by atomic mass is 16.6. The molecule has 1 saturated heterocycles. The van der Waals surface area contributed by atoms with Gasteiger partial charge in [0.1, 0.15) is 6.10 Å². The lowest BCUT2D eigenvalue weighted by Gasteiger charge is -2.18. The van der Waals surface area contributed by atoms with Crippen LogP contribution in [0, 0.1) is 12.3 Å². The zero-order chi connectivity index (χ0) is 12.1. The Morgan fingerprint density at radius 1 is 1.69 bits per heavy atom. The number of nitrogens with zero attached hydrogens (tertiary/aromatic N) is 1. The number of amides is 1. The Hall–Kier alpha value is -1.95. The van der Waals surface area contributed by atoms with Gasteiger partial charge in [0.25, 0.3) is 0 Å². The molecule has 1 unspecified atom stereocenters. The Morgan fingerprint density at radius 3 is 2.88 bits per heavy atom. The molecule has 3 nitrogen and oxygen atoms in total. The summed E-state index contributed by atoms with van der Waals surface area (Å²) in [7, 11) is 0. The van der Waals surface area contributed by atoms with Gasteiger partial charge in [-0.2, -0.15) is 0 Å². The van der Waals surface area contributed by atoms with Crippen molar-refractivity contribution >= 4 is 6.09 Å². The molecule has 0 spiro atoms. The van der Waals surface area contributed by atoms with Crippen molar-refractivity contribution in [3.05, 3.63) is 37.0 Å². The fourth-order valence-corrected chi connectivity index (χ4v) is 1.67. The van der Waals surface area contributed by atoms with Crippen molar-refractivity contribution in [1.29, 1.82) is 0 Å². The minimum atomic E-state index is -0.382. The quantitative estimate of drug-likeness (QED) is 0.533. The van der Waals surface area contributed by atoms with Crippen molar-refractivity contribution in [3.8, 4) is 12.3 Å². The molecule has 0 N–H and O–H groups in total. The van der Waals surface area contributed by atoms with Crippen molar-refractivity contribution in [2.45, 2.75) is 19.1 Å². The van der Waals surface area contributed by atoms with Crippen LogP contribution in [-0.4, -0.2) is 29.7 Å². The molecule has 1 aliphatic rings. The molecule has 3 heteroatoms. The number of allylic oxidation sites excluding steroid dienone is 2. The minimum Gasteiger partial charge on any atom is -0.439 e. The summed E-state index contributed by atoms with van der Waals surface area (Å²) >= 11 is 0. The van der Waals surface area contributed by atoms with E-state index in [4.69, 9.17) is 11.2 Å². The predicted molar refractivity (Wildman–Crippen MR) is 63.7 cm³/mol. The third-order valence-electron chi connectivity index (χ3n) is 2.53. The van der Waals surface area contributed by atoms with Crippen LogP contribution in [0.4, 0.5) is 4.79 Å². The van der Waals surface area contributed by atoms with Crippen LogP contribution in [0.5, 0.6) is 0 Å². The summed E-state index contributed by atoms with van der Waals surface area (Å²) in [4.78, 5) is 13.0. The van der Waals surface area contributed by atoms with Crippen LogP contribution in [0.25, 0.3) is 0 Å². The van der Waals surface area contributed by atoms with E-state index >= 15 is 0 Å². The van der Waals surface area contributed by atoms with E-state index in [9.17, 15) is 4.79 Å². The number of terminal acetylenes is 1. The van der Waals surface area contributed by atoms with Crippen molar-refractivity contribution < 1.29 is 9.53 Å². The summed E-state index contributed by atoms with van der Waals surface area (Å²) in [5, 5.41) is 0. The second-order valence-corrected chi connectivity index (χ2v) is 3.48. The highest BCUT2D eigenvalue weighted by molar-refractivity contribution is 5.72. The summed E-state index contributed by atoms with van der Waals surface area (Å²) in [6.45, 7) is 9.45. The van der Waals surface area contributed by atoms with Gasteiger partial charge in [0.2, 0.25) is 0 Å². The molecule has 84 valence electrons. The van der Waals surface area contributed by atoms with E-state index in [1.54, 1.807) is 18.2 Å². The van der Waals surface area contributed by atoms with Gasteiger partial charge in [-0.3, -0.25) is 4.90 Å². The molecule has 16 heavy (non-hydrogen) atoms. The van der Waals surface area contributed by atoms with Crippen molar-refractivity contribution in [3.63, 3.8) is 0 Å². The Labute approximate surface area is 96.1 Å². The molecular weight excluding hydrogens is 202 g/mol. The maximum atomic E-state index is 11.5. The number of ether oxygens (including phenoxy) is 1. The highest BCUT2D eigenvalue weighted by Crippen LogP contribution is 2.25. The van der Waals surface area contributed by atoms with Crippen LogP contribution in [0.3, 0.4) is 0 Å². The Balaban J connectivity index is 2.91. The molecule has 1 aliphatic heterocycles. The zero-order valence-electron chi connectivity index (χ0n) is 9.35. The molecule has 0 aromatic rings. The second-order valence-electron chi connectivity index (χ2n) is 3.48. The number of cyclic esters (lactones) is 1. The van der Waals surface area contributed by atoms with Crippen molar-refractivity contribution in [2.24, 2.45) is 0 Å². The molecule has 0 aromatic carbocycles. The monoisotopic (exact) mass is 217 g/mol. The summed E-state index contributed by atoms with van der Waals surface area (Å²) in [5.74, 6) is 2.44. The molecule has 1 rings (SSSR count). The Bertz CT molecular complexity index is 376. The van der Waals surface area contributed by atoms with Gasteiger partial charge in [-0.15, -0.1) is 6.42 Å². The number of carbonyl (C=O) groups excluding carboxylic acids is 1. The van der Waals surface area contributed by atoms with Crippen LogP contribution in [-0.2, 0) is 4.74 Å². The normalized spacial score (nSPS) is 24.9. The summed E-state index contributed by atoms with van der Waals surface area (Å²) < 4.78 is 5.25. The molecule has 2 atom stereocenters. The smallest absolute Gasteiger partial charge is 0.411 e. The summed E-state index contributed by atoms with van der Waals surface area (Å²) in [6, 6.07) is -0.0900. The predicted octanol–water partition coefficient (Wildman–Crippen LogP) is 2.13. The molecule has 1 fully saturated rings. The first-order chi connectivity index (χ1) is 7.65. The van der Waals surface area contributed by atoms with Gasteiger partial charge in [-0.05, 0) is 12.5 Å². The van der Waals surface area contributed by atoms with Gasteiger partial charge in [0, 0.05) is 0 Å². The molecular formula is C13H15NO2. The number of carbonyl (C=O) groups is 1. The van der Waals surface area contributed by atoms with Crippen molar-refractivity contribution in [2.75, 3.05) is 6.54 Å². The van der Waals surface area contributed by atoms with Crippen LogP contribution in [0.2, 0.25) is 0 Å². The average Bonchev–Trinajstić information content (AvgIpc) is 2.54. The molecule has 0 saturated carbocycles. The van der Waals surface area contributed by atoms with Gasteiger partial charge in [0.15, 0.2) is 0 Å². The maximum Gasteiger partial charge on any atom is 0.411 e. The Morgan fingerprint density at radius 2 is 2.38 bits per heavy atom. The zero-order valence-corrected chi connectivity index (χ0v) is 9.35. The lowest BCUT2D eigenvalue weighted by Crippen LogP contribution is -2.34. The molecule has 0 bridgehead atoms. The average molecular weight is 217 g/mol. The van der Waals surface area contributed by atoms with Crippen molar-refractivity contribution in [1.82, 2.24) is 4.90 Å². The van der Waals surface area contributed by atoms with Crippen LogP contribution < -0.4 is 0 Å². The molecule has 0 aliphatic carbocycles. The molecule has 0 radical (unpaired) electrons. The van der Waals surface area contributed by atoms with Gasteiger partial charge < -0.3 is 4.74 Å². The lowest BCUT2D eigenvalue weighted by atomic mass is 10.0. The van der Waals surface area contributed by atoms with Gasteiger partial charge in [-0.1, -0.05) is 37.3 Å². The standard InChI is InChI=1S/C13H15NO2/c1-5-8-11(7-3)12-10(4)14(9-6-2)13(15)16-12/h2,5,7-8,10,12H,1,3,9H2,4H3/b11-8+/t10?,12-/m0/s1. The number of hydrogen-bond acceptors (Lipinski definition) is 2. The van der Waals surface area contributed by atoms with E-state index in [0.717, 1.165) is 5.57 Å². The van der Waals surface area contributed by atoms with Crippen LogP contribution in [0.15, 0.2) is 37.0 Å². The van der Waals surface area contributed by atoms with Crippen LogP contribution >= 0.6 is 0 Å². The maximum absolute atomic E-state index is 11.5. The second kappa shape index (κ2) is 5.22. The first kappa shape index (κ1) is 12.1. The highest BCUT2D eigenvalue weighted by Gasteiger charge is 2.39. The topological polar surface area (TPSA) is 29.5 Å². The van der Waals surface area contributed by atoms with Gasteiger partial charge in [0.05, 0.1) is 12.6 Å². The SMILES string of the molecule is C#CCN1C(=O)O[C@H](/C(C=C)=C/C=C)C1C. The Kier molecular flexibility index (Phi) is 3.96. The van der Waals surface area contributed by atoms with Gasteiger partial charge >= 0.3 is 6.09 Å². The number of hydrogen-bond donors (Lipinski definition) is 0. The minimum absolute atomic E-state index is 0.0900. The van der Waals surface area contributed by atoms with Gasteiger partial charge in [-0.25, -0.2) is 4.79 Å². The largest absolute Gasteiger partial charge is 0.439 e. The summed E-state index contributed by atoms with van der Waals surface area (Å²) in [6.07, 6.45) is 9.57. The van der Waals surface area contributed by atoms with Crippen LogP contribution in [0.1, 0.15) is 6.92 Å². The van der Waals surface area contributed by atoms with E-state index in [0.29, 0.717) is 0 Å². The fraction of sp³-hybridized carbons (Fsp3) is 0.308. The van der Waals surface area contributed by atoms with E-state index < -0.39 is 0 Å². The summed E-state index contributed by atoms with van der Waals surface area (Å²) in [5.41, 5.74) is 0.829. The first-order valence-corrected chi connectivity index (χ1v) is 5.01. The van der Waals surface area contributed by atoms with E-state index in [1.165, 1.54) is 4.90 Å². The number of rotatable bonds is 4. The molecule has 0 aromatic heterocycles. The molecule has 1 amide bonds. The fourth-order valence-electron chi connectivity index (χ4n) is 1.67. The van der Waals surface area contributed by atoms with E-state index in [1.807, 2.05) is 6.92 Å². The molecule has 1 heterocycles. The van der Waals surface area contributed by atoms with E-state index in [2.05, 4.69) is 19.1 Å². The first-order valence-electron chi connectivity index (χ1n) is 5.01. The van der Waals surface area contributed by atoms with E-state index in [-0.39, 0.29) is 24.8 Å². The third-order valence-corrected chi connectivity index (χ3v) is 2.53. The third kappa shape index (κ3) is 2.17. The lowest BCUT2D eigenvalue weighted by molar-refractivity contribution is 0.144.